The van der Waals surface area contributed by atoms with Gasteiger partial charge < -0.3 is 10.9 Å². The number of para-hydroxylation sites is 2. The Morgan fingerprint density at radius 3 is 2.80 bits per heavy atom. The number of benzene rings is 2. The van der Waals surface area contributed by atoms with Crippen molar-refractivity contribution in [2.24, 2.45) is 10.9 Å². The molecule has 3 aromatic rings. The lowest BCUT2D eigenvalue weighted by Gasteiger charge is -2.07. The topological polar surface area (TPSA) is 76.4 Å². The summed E-state index contributed by atoms with van der Waals surface area (Å²) in [4.78, 5) is 4.33. The first-order valence-electron chi connectivity index (χ1n) is 5.90. The molecule has 3 rings (SSSR count). The van der Waals surface area contributed by atoms with Gasteiger partial charge in [0.1, 0.15) is 6.33 Å². The standard InChI is InChI=1S/C14H11ClN4O/c15-11-7-9(5-6-10(11)14(16)18-20)19-8-17-12-3-1-2-4-13(12)19/h1-8,20H,(H2,16,18). The second-order valence-electron chi connectivity index (χ2n) is 4.25. The normalized spacial score (nSPS) is 11.9. The Bertz CT molecular complexity index is 810. The summed E-state index contributed by atoms with van der Waals surface area (Å²) in [6.45, 7) is 0. The first-order chi connectivity index (χ1) is 9.70. The molecule has 5 nitrogen and oxygen atoms in total. The van der Waals surface area contributed by atoms with Crippen molar-refractivity contribution in [3.63, 3.8) is 0 Å². The van der Waals surface area contributed by atoms with Crippen LogP contribution in [-0.4, -0.2) is 20.6 Å². The highest BCUT2D eigenvalue weighted by Crippen LogP contribution is 2.23. The third kappa shape index (κ3) is 1.98. The molecule has 0 atom stereocenters. The number of oxime groups is 1. The fraction of sp³-hybridized carbons (Fsp3) is 0. The van der Waals surface area contributed by atoms with E-state index in [1.54, 1.807) is 18.5 Å². The molecule has 100 valence electrons. The van der Waals surface area contributed by atoms with E-state index in [0.29, 0.717) is 10.6 Å². The van der Waals surface area contributed by atoms with Crippen LogP contribution in [0.15, 0.2) is 53.9 Å². The van der Waals surface area contributed by atoms with Crippen LogP contribution in [0.5, 0.6) is 0 Å². The number of rotatable bonds is 2. The molecule has 0 aliphatic heterocycles. The average Bonchev–Trinajstić information content (AvgIpc) is 2.90. The molecule has 0 fully saturated rings. The first-order valence-corrected chi connectivity index (χ1v) is 6.28. The summed E-state index contributed by atoms with van der Waals surface area (Å²) >= 11 is 6.17. The predicted octanol–water partition coefficient (Wildman–Crippen LogP) is 2.77. The Morgan fingerprint density at radius 1 is 1.25 bits per heavy atom. The quantitative estimate of drug-likeness (QED) is 0.329. The van der Waals surface area contributed by atoms with Crippen molar-refractivity contribution in [1.82, 2.24) is 9.55 Å². The second-order valence-corrected chi connectivity index (χ2v) is 4.66. The number of halogens is 1. The van der Waals surface area contributed by atoms with Gasteiger partial charge in [-0.15, -0.1) is 0 Å². The summed E-state index contributed by atoms with van der Waals surface area (Å²) in [6.07, 6.45) is 1.74. The fourth-order valence-corrected chi connectivity index (χ4v) is 2.35. The molecule has 0 saturated carbocycles. The van der Waals surface area contributed by atoms with Crippen LogP contribution >= 0.6 is 11.6 Å². The molecule has 20 heavy (non-hydrogen) atoms. The molecule has 0 aliphatic carbocycles. The van der Waals surface area contributed by atoms with Gasteiger partial charge in [0.15, 0.2) is 5.84 Å². The minimum Gasteiger partial charge on any atom is -0.409 e. The summed E-state index contributed by atoms with van der Waals surface area (Å²) in [6, 6.07) is 13.1. The lowest BCUT2D eigenvalue weighted by atomic mass is 10.2. The third-order valence-corrected chi connectivity index (χ3v) is 3.38. The van der Waals surface area contributed by atoms with E-state index in [4.69, 9.17) is 22.5 Å². The van der Waals surface area contributed by atoms with Crippen molar-refractivity contribution >= 4 is 28.5 Å². The van der Waals surface area contributed by atoms with E-state index in [2.05, 4.69) is 10.1 Å². The van der Waals surface area contributed by atoms with Crippen molar-refractivity contribution in [3.8, 4) is 5.69 Å². The number of amidine groups is 1. The van der Waals surface area contributed by atoms with Crippen LogP contribution in [0.2, 0.25) is 5.02 Å². The van der Waals surface area contributed by atoms with Crippen molar-refractivity contribution in [2.45, 2.75) is 0 Å². The highest BCUT2D eigenvalue weighted by molar-refractivity contribution is 6.34. The summed E-state index contributed by atoms with van der Waals surface area (Å²) in [5.41, 5.74) is 8.79. The van der Waals surface area contributed by atoms with Gasteiger partial charge in [0.05, 0.1) is 16.1 Å². The highest BCUT2D eigenvalue weighted by Gasteiger charge is 2.09. The Balaban J connectivity index is 2.14. The molecule has 0 saturated heterocycles. The number of hydrogen-bond acceptors (Lipinski definition) is 3. The maximum Gasteiger partial charge on any atom is 0.171 e. The zero-order valence-corrected chi connectivity index (χ0v) is 11.1. The molecule has 0 spiro atoms. The van der Waals surface area contributed by atoms with Gasteiger partial charge in [0.25, 0.3) is 0 Å². The van der Waals surface area contributed by atoms with Crippen molar-refractivity contribution < 1.29 is 5.21 Å². The van der Waals surface area contributed by atoms with E-state index < -0.39 is 0 Å². The number of nitrogens with two attached hydrogens (primary N) is 1. The maximum absolute atomic E-state index is 8.70. The second kappa shape index (κ2) is 4.86. The monoisotopic (exact) mass is 286 g/mol. The van der Waals surface area contributed by atoms with E-state index in [-0.39, 0.29) is 5.84 Å². The minimum atomic E-state index is -0.0166. The Morgan fingerprint density at radius 2 is 2.05 bits per heavy atom. The third-order valence-electron chi connectivity index (χ3n) is 3.07. The van der Waals surface area contributed by atoms with E-state index in [0.717, 1.165) is 16.7 Å². The van der Waals surface area contributed by atoms with Crippen molar-refractivity contribution in [2.75, 3.05) is 0 Å². The molecule has 3 N–H and O–H groups in total. The van der Waals surface area contributed by atoms with Gasteiger partial charge in [-0.2, -0.15) is 0 Å². The largest absolute Gasteiger partial charge is 0.409 e. The minimum absolute atomic E-state index is 0.0166. The van der Waals surface area contributed by atoms with Crippen molar-refractivity contribution in [3.05, 3.63) is 59.4 Å². The molecule has 0 unspecified atom stereocenters. The van der Waals surface area contributed by atoms with E-state index in [1.807, 2.05) is 34.9 Å². The van der Waals surface area contributed by atoms with Crippen LogP contribution in [0.3, 0.4) is 0 Å². The van der Waals surface area contributed by atoms with Gasteiger partial charge in [-0.25, -0.2) is 4.98 Å². The van der Waals surface area contributed by atoms with Crippen LogP contribution in [0.25, 0.3) is 16.7 Å². The molecule has 0 aliphatic rings. The molecule has 0 amide bonds. The summed E-state index contributed by atoms with van der Waals surface area (Å²) in [7, 11) is 0. The smallest absolute Gasteiger partial charge is 0.171 e. The van der Waals surface area contributed by atoms with Gasteiger partial charge in [-0.3, -0.25) is 4.57 Å². The number of hydrogen-bond donors (Lipinski definition) is 2. The summed E-state index contributed by atoms with van der Waals surface area (Å²) in [5.74, 6) is -0.0166. The van der Waals surface area contributed by atoms with Crippen LogP contribution in [-0.2, 0) is 0 Å². The summed E-state index contributed by atoms with van der Waals surface area (Å²) in [5, 5.41) is 12.1. The molecular formula is C14H11ClN4O. The molecule has 6 heteroatoms. The molecule has 1 heterocycles. The van der Waals surface area contributed by atoms with Gasteiger partial charge >= 0.3 is 0 Å². The zero-order chi connectivity index (χ0) is 14.1. The Labute approximate surface area is 119 Å². The van der Waals surface area contributed by atoms with E-state index >= 15 is 0 Å². The van der Waals surface area contributed by atoms with E-state index in [9.17, 15) is 0 Å². The number of nitrogens with zero attached hydrogens (tertiary/aromatic N) is 3. The zero-order valence-electron chi connectivity index (χ0n) is 10.4. The number of fused-ring (bicyclic) bond motifs is 1. The Hall–Kier alpha value is -2.53. The van der Waals surface area contributed by atoms with Crippen LogP contribution < -0.4 is 5.73 Å². The van der Waals surface area contributed by atoms with Gasteiger partial charge in [-0.05, 0) is 30.3 Å². The highest BCUT2D eigenvalue weighted by atomic mass is 35.5. The lowest BCUT2D eigenvalue weighted by Crippen LogP contribution is -2.13. The molecule has 1 aromatic heterocycles. The number of aromatic nitrogens is 2. The number of imidazole rings is 1. The van der Waals surface area contributed by atoms with Gasteiger partial charge in [0, 0.05) is 11.3 Å². The maximum atomic E-state index is 8.70. The average molecular weight is 287 g/mol. The first kappa shape index (κ1) is 12.5. The SMILES string of the molecule is NC(=NO)c1ccc(-n2cnc3ccccc32)cc1Cl. The van der Waals surface area contributed by atoms with Crippen LogP contribution in [0.4, 0.5) is 0 Å². The van der Waals surface area contributed by atoms with Crippen LogP contribution in [0.1, 0.15) is 5.56 Å². The molecule has 0 bridgehead atoms. The van der Waals surface area contributed by atoms with E-state index in [1.165, 1.54) is 0 Å². The fourth-order valence-electron chi connectivity index (χ4n) is 2.08. The molecule has 0 radical (unpaired) electrons. The molecular weight excluding hydrogens is 276 g/mol. The van der Waals surface area contributed by atoms with Gasteiger partial charge in [0.2, 0.25) is 0 Å². The van der Waals surface area contributed by atoms with Crippen LogP contribution in [0, 0.1) is 0 Å². The van der Waals surface area contributed by atoms with Crippen molar-refractivity contribution in [1.29, 1.82) is 0 Å². The predicted molar refractivity (Wildman–Crippen MR) is 78.6 cm³/mol. The summed E-state index contributed by atoms with van der Waals surface area (Å²) < 4.78 is 1.93. The molecule has 2 aromatic carbocycles. The lowest BCUT2D eigenvalue weighted by molar-refractivity contribution is 0.318. The van der Waals surface area contributed by atoms with Gasteiger partial charge in [-0.1, -0.05) is 28.9 Å². The Kier molecular flexibility index (Phi) is 3.04.